The number of aromatic amines is 1. The van der Waals surface area contributed by atoms with Gasteiger partial charge in [0.05, 0.1) is 0 Å². The molecule has 0 unspecified atom stereocenters. The maximum Gasteiger partial charge on any atom is 0.240 e. The predicted molar refractivity (Wildman–Crippen MR) is 32.4 cm³/mol. The van der Waals surface area contributed by atoms with Gasteiger partial charge in [0.15, 0.2) is 0 Å². The molecule has 0 spiro atoms. The normalized spacial score (nSPS) is 9.44. The summed E-state index contributed by atoms with van der Waals surface area (Å²) in [6.45, 7) is 3.89. The molecule has 0 bridgehead atoms. The Balaban J connectivity index is 2.30. The lowest BCUT2D eigenvalue weighted by molar-refractivity contribution is 0.881. The first kappa shape index (κ1) is 6.00. The summed E-state index contributed by atoms with van der Waals surface area (Å²) < 4.78 is 0. The van der Waals surface area contributed by atoms with Gasteiger partial charge in [-0.1, -0.05) is 12.0 Å². The molecule has 0 amide bonds. The van der Waals surface area contributed by atoms with E-state index in [2.05, 4.69) is 25.9 Å². The van der Waals surface area contributed by atoms with Crippen LogP contribution in [0.4, 0.5) is 5.95 Å². The van der Waals surface area contributed by atoms with E-state index in [-0.39, 0.29) is 0 Å². The van der Waals surface area contributed by atoms with Crippen molar-refractivity contribution in [3.8, 4) is 0 Å². The highest BCUT2D eigenvalue weighted by molar-refractivity contribution is 5.21. The molecule has 0 aliphatic carbocycles. The number of rotatable bonds is 3. The minimum atomic E-state index is 0.580. The predicted octanol–water partition coefficient (Wildman–Crippen LogP) is 0.183. The lowest BCUT2D eigenvalue weighted by Gasteiger charge is -1.93. The molecule has 1 aromatic rings. The fourth-order valence-corrected chi connectivity index (χ4v) is 0.419. The van der Waals surface area contributed by atoms with Gasteiger partial charge in [-0.05, 0) is 16.8 Å². The highest BCUT2D eigenvalue weighted by atomic mass is 15.5. The number of tetrazole rings is 1. The summed E-state index contributed by atoms with van der Waals surface area (Å²) in [6, 6.07) is 0. The zero-order valence-electron chi connectivity index (χ0n) is 5.13. The van der Waals surface area contributed by atoms with E-state index in [1.807, 2.05) is 13.5 Å². The molecular formula is C4H8N5. The maximum absolute atomic E-state index is 3.59. The molecule has 0 fully saturated rings. The molecule has 0 atom stereocenters. The minimum Gasteiger partial charge on any atom is -0.348 e. The Hall–Kier alpha value is -1.13. The van der Waals surface area contributed by atoms with E-state index in [1.54, 1.807) is 0 Å². The molecule has 0 aliphatic heterocycles. The van der Waals surface area contributed by atoms with Crippen LogP contribution in [0.15, 0.2) is 0 Å². The number of hydrogen-bond donors (Lipinski definition) is 2. The van der Waals surface area contributed by atoms with E-state index in [9.17, 15) is 0 Å². The van der Waals surface area contributed by atoms with Gasteiger partial charge in [0.1, 0.15) is 0 Å². The van der Waals surface area contributed by atoms with Crippen LogP contribution in [0, 0.1) is 6.54 Å². The van der Waals surface area contributed by atoms with E-state index in [4.69, 9.17) is 0 Å². The summed E-state index contributed by atoms with van der Waals surface area (Å²) in [5.41, 5.74) is 0. The van der Waals surface area contributed by atoms with Crippen LogP contribution in [-0.4, -0.2) is 20.6 Å². The summed E-state index contributed by atoms with van der Waals surface area (Å²) in [6.07, 6.45) is 0.945. The summed E-state index contributed by atoms with van der Waals surface area (Å²) in [5.74, 6) is 0.580. The molecule has 0 aromatic carbocycles. The van der Waals surface area contributed by atoms with Gasteiger partial charge in [-0.25, -0.2) is 5.10 Å². The Morgan fingerprint density at radius 2 is 2.67 bits per heavy atom. The van der Waals surface area contributed by atoms with Crippen LogP contribution in [0.5, 0.6) is 0 Å². The van der Waals surface area contributed by atoms with Crippen LogP contribution in [0.25, 0.3) is 0 Å². The second kappa shape index (κ2) is 3.01. The molecule has 5 heteroatoms. The van der Waals surface area contributed by atoms with E-state index in [0.717, 1.165) is 6.42 Å². The van der Waals surface area contributed by atoms with E-state index >= 15 is 0 Å². The number of H-pyrrole nitrogens is 1. The first-order valence-electron chi connectivity index (χ1n) is 2.75. The summed E-state index contributed by atoms with van der Waals surface area (Å²) in [5, 5.41) is 15.8. The summed E-state index contributed by atoms with van der Waals surface area (Å²) in [7, 11) is 0. The van der Waals surface area contributed by atoms with Crippen molar-refractivity contribution in [2.45, 2.75) is 13.3 Å². The van der Waals surface area contributed by atoms with Crippen molar-refractivity contribution in [1.82, 2.24) is 20.6 Å². The van der Waals surface area contributed by atoms with E-state index in [1.165, 1.54) is 0 Å². The third kappa shape index (κ3) is 1.67. The van der Waals surface area contributed by atoms with Crippen molar-refractivity contribution in [3.63, 3.8) is 0 Å². The van der Waals surface area contributed by atoms with Gasteiger partial charge in [-0.3, -0.25) is 0 Å². The van der Waals surface area contributed by atoms with Crippen LogP contribution < -0.4 is 5.32 Å². The Morgan fingerprint density at radius 1 is 1.78 bits per heavy atom. The lowest BCUT2D eigenvalue weighted by Crippen LogP contribution is -1.94. The quantitative estimate of drug-likeness (QED) is 0.606. The van der Waals surface area contributed by atoms with Crippen molar-refractivity contribution < 1.29 is 0 Å². The molecule has 1 aromatic heterocycles. The van der Waals surface area contributed by atoms with Gasteiger partial charge in [0.2, 0.25) is 5.95 Å². The van der Waals surface area contributed by atoms with Crippen LogP contribution >= 0.6 is 0 Å². The molecular weight excluding hydrogens is 118 g/mol. The van der Waals surface area contributed by atoms with Crippen molar-refractivity contribution >= 4 is 5.95 Å². The highest BCUT2D eigenvalue weighted by Gasteiger charge is 1.90. The van der Waals surface area contributed by atoms with Gasteiger partial charge < -0.3 is 5.32 Å². The smallest absolute Gasteiger partial charge is 0.240 e. The van der Waals surface area contributed by atoms with Gasteiger partial charge >= 0.3 is 0 Å². The molecule has 5 nitrogen and oxygen atoms in total. The molecule has 9 heavy (non-hydrogen) atoms. The van der Waals surface area contributed by atoms with Crippen LogP contribution in [0.2, 0.25) is 0 Å². The Bertz CT molecular complexity index is 146. The molecule has 0 saturated heterocycles. The molecule has 2 N–H and O–H groups in total. The fraction of sp³-hybridized carbons (Fsp3) is 0.500. The Morgan fingerprint density at radius 3 is 3.22 bits per heavy atom. The van der Waals surface area contributed by atoms with E-state index < -0.39 is 0 Å². The molecule has 1 heterocycles. The third-order valence-electron chi connectivity index (χ3n) is 0.788. The molecule has 0 aliphatic rings. The minimum absolute atomic E-state index is 0.580. The Labute approximate surface area is 52.8 Å². The third-order valence-corrected chi connectivity index (χ3v) is 0.788. The van der Waals surface area contributed by atoms with Crippen LogP contribution in [0.1, 0.15) is 13.3 Å². The molecule has 0 saturated carbocycles. The summed E-state index contributed by atoms with van der Waals surface area (Å²) >= 11 is 0. The highest BCUT2D eigenvalue weighted by Crippen LogP contribution is 1.92. The molecule has 1 radical (unpaired) electrons. The molecule has 1 rings (SSSR count). The van der Waals surface area contributed by atoms with Crippen molar-refractivity contribution in [2.24, 2.45) is 0 Å². The van der Waals surface area contributed by atoms with Crippen molar-refractivity contribution in [2.75, 3.05) is 5.32 Å². The monoisotopic (exact) mass is 126 g/mol. The van der Waals surface area contributed by atoms with Crippen molar-refractivity contribution in [3.05, 3.63) is 6.54 Å². The zero-order chi connectivity index (χ0) is 6.53. The average Bonchev–Trinajstić information content (AvgIpc) is 2.34. The fourth-order valence-electron chi connectivity index (χ4n) is 0.419. The number of anilines is 1. The largest absolute Gasteiger partial charge is 0.348 e. The van der Waals surface area contributed by atoms with Crippen LogP contribution in [-0.2, 0) is 0 Å². The second-order valence-electron chi connectivity index (χ2n) is 1.51. The average molecular weight is 126 g/mol. The Kier molecular flexibility index (Phi) is 2.00. The lowest BCUT2D eigenvalue weighted by atomic mass is 10.5. The van der Waals surface area contributed by atoms with Crippen molar-refractivity contribution in [1.29, 1.82) is 0 Å². The SMILES string of the molecule is CC[CH]Nc1nnn[nH]1. The van der Waals surface area contributed by atoms with Gasteiger partial charge in [-0.2, -0.15) is 0 Å². The van der Waals surface area contributed by atoms with Crippen LogP contribution in [0.3, 0.4) is 0 Å². The first-order chi connectivity index (χ1) is 4.43. The number of hydrogen-bond acceptors (Lipinski definition) is 4. The van der Waals surface area contributed by atoms with Gasteiger partial charge in [0, 0.05) is 6.54 Å². The second-order valence-corrected chi connectivity index (χ2v) is 1.51. The number of nitrogens with zero attached hydrogens (tertiary/aromatic N) is 3. The van der Waals surface area contributed by atoms with Gasteiger partial charge in [-0.15, -0.1) is 0 Å². The standard InChI is InChI=1S/C4H8N5/c1-2-3-5-4-6-8-9-7-4/h3H,2H2,1H3,(H2,5,6,7,8,9). The summed E-state index contributed by atoms with van der Waals surface area (Å²) in [4.78, 5) is 0. The zero-order valence-corrected chi connectivity index (χ0v) is 5.13. The topological polar surface area (TPSA) is 66.5 Å². The number of nitrogens with one attached hydrogen (secondary N) is 2. The number of aromatic nitrogens is 4. The van der Waals surface area contributed by atoms with Gasteiger partial charge in [0.25, 0.3) is 0 Å². The van der Waals surface area contributed by atoms with E-state index in [0.29, 0.717) is 5.95 Å². The first-order valence-corrected chi connectivity index (χ1v) is 2.75. The maximum atomic E-state index is 3.59. The molecule has 49 valence electrons.